The summed E-state index contributed by atoms with van der Waals surface area (Å²) in [6, 6.07) is 0. The van der Waals surface area contributed by atoms with Crippen molar-refractivity contribution in [1.29, 1.82) is 0 Å². The third-order valence-corrected chi connectivity index (χ3v) is 6.75. The Morgan fingerprint density at radius 2 is 1.71 bits per heavy atom. The standard InChI is InChI=1S/C18H28N2S/c1-17(2,3)19-10-16-20-15(11-21-16)18-7-12-4-13(8-18)6-14(5-12)9-18/h11-14,19H,4-10H2,1-3H3. The number of thiazole rings is 1. The Kier molecular flexibility index (Phi) is 3.24. The first-order valence-electron chi connectivity index (χ1n) is 8.62. The molecule has 0 amide bonds. The number of nitrogens with zero attached hydrogens (tertiary/aromatic N) is 1. The van der Waals surface area contributed by atoms with Gasteiger partial charge in [-0.15, -0.1) is 11.3 Å². The highest BCUT2D eigenvalue weighted by Crippen LogP contribution is 2.60. The van der Waals surface area contributed by atoms with Crippen molar-refractivity contribution >= 4 is 11.3 Å². The van der Waals surface area contributed by atoms with Gasteiger partial charge in [0.2, 0.25) is 0 Å². The summed E-state index contributed by atoms with van der Waals surface area (Å²) in [7, 11) is 0. The van der Waals surface area contributed by atoms with E-state index in [2.05, 4.69) is 31.5 Å². The molecule has 4 fully saturated rings. The minimum Gasteiger partial charge on any atom is -0.306 e. The van der Waals surface area contributed by atoms with Gasteiger partial charge in [0, 0.05) is 22.9 Å². The van der Waals surface area contributed by atoms with E-state index >= 15 is 0 Å². The lowest BCUT2D eigenvalue weighted by Crippen LogP contribution is -2.48. The molecule has 4 aliphatic carbocycles. The summed E-state index contributed by atoms with van der Waals surface area (Å²) in [5.74, 6) is 3.03. The van der Waals surface area contributed by atoms with Gasteiger partial charge in [0.05, 0.1) is 5.69 Å². The zero-order valence-electron chi connectivity index (χ0n) is 13.6. The Balaban J connectivity index is 1.53. The molecule has 0 aliphatic heterocycles. The second-order valence-electron chi connectivity index (χ2n) is 8.93. The van der Waals surface area contributed by atoms with Gasteiger partial charge in [0.25, 0.3) is 0 Å². The fraction of sp³-hybridized carbons (Fsp3) is 0.833. The smallest absolute Gasteiger partial charge is 0.107 e. The normalized spacial score (nSPS) is 38.1. The molecule has 4 saturated carbocycles. The maximum Gasteiger partial charge on any atom is 0.107 e. The molecule has 0 spiro atoms. The molecule has 1 heterocycles. The first-order valence-corrected chi connectivity index (χ1v) is 9.50. The second kappa shape index (κ2) is 4.79. The molecule has 3 heteroatoms. The molecule has 116 valence electrons. The van der Waals surface area contributed by atoms with Gasteiger partial charge in [0.15, 0.2) is 0 Å². The first kappa shape index (κ1) is 14.2. The molecule has 4 bridgehead atoms. The van der Waals surface area contributed by atoms with E-state index in [-0.39, 0.29) is 5.54 Å². The topological polar surface area (TPSA) is 24.9 Å². The minimum absolute atomic E-state index is 0.173. The Labute approximate surface area is 132 Å². The van der Waals surface area contributed by atoms with Crippen molar-refractivity contribution in [3.05, 3.63) is 16.1 Å². The fourth-order valence-electron chi connectivity index (χ4n) is 5.40. The van der Waals surface area contributed by atoms with Crippen molar-refractivity contribution in [3.63, 3.8) is 0 Å². The van der Waals surface area contributed by atoms with E-state index in [9.17, 15) is 0 Å². The summed E-state index contributed by atoms with van der Waals surface area (Å²) < 4.78 is 0. The van der Waals surface area contributed by atoms with Crippen molar-refractivity contribution in [1.82, 2.24) is 10.3 Å². The monoisotopic (exact) mass is 304 g/mol. The van der Waals surface area contributed by atoms with Crippen LogP contribution in [0.1, 0.15) is 70.0 Å². The van der Waals surface area contributed by atoms with Crippen molar-refractivity contribution in [2.75, 3.05) is 0 Å². The molecule has 5 rings (SSSR count). The molecule has 0 saturated heterocycles. The molecular weight excluding hydrogens is 276 g/mol. The molecule has 4 aliphatic rings. The van der Waals surface area contributed by atoms with Crippen LogP contribution >= 0.6 is 11.3 Å². The van der Waals surface area contributed by atoms with Crippen molar-refractivity contribution in [2.24, 2.45) is 17.8 Å². The number of hydrogen-bond acceptors (Lipinski definition) is 3. The minimum atomic E-state index is 0.173. The molecular formula is C18H28N2S. The average Bonchev–Trinajstić information content (AvgIpc) is 2.83. The van der Waals surface area contributed by atoms with Crippen molar-refractivity contribution < 1.29 is 0 Å². The molecule has 1 N–H and O–H groups in total. The third kappa shape index (κ3) is 2.68. The SMILES string of the molecule is CC(C)(C)NCc1nc(C23CC4CC(CC(C4)C2)C3)cs1. The number of hydrogen-bond donors (Lipinski definition) is 1. The van der Waals surface area contributed by atoms with E-state index in [0.29, 0.717) is 5.41 Å². The summed E-state index contributed by atoms with van der Waals surface area (Å²) in [5, 5.41) is 7.23. The summed E-state index contributed by atoms with van der Waals surface area (Å²) >= 11 is 1.87. The highest BCUT2D eigenvalue weighted by Gasteiger charge is 2.52. The van der Waals surface area contributed by atoms with Crippen LogP contribution in [0.2, 0.25) is 0 Å². The maximum atomic E-state index is 5.06. The first-order chi connectivity index (χ1) is 9.92. The van der Waals surface area contributed by atoms with Gasteiger partial charge in [-0.25, -0.2) is 4.98 Å². The van der Waals surface area contributed by atoms with Crippen LogP contribution in [0.4, 0.5) is 0 Å². The van der Waals surface area contributed by atoms with Crippen molar-refractivity contribution in [2.45, 2.75) is 76.8 Å². The highest BCUT2D eigenvalue weighted by molar-refractivity contribution is 7.09. The maximum absolute atomic E-state index is 5.06. The molecule has 0 aromatic carbocycles. The Hall–Kier alpha value is -0.410. The van der Waals surface area contributed by atoms with E-state index < -0.39 is 0 Å². The van der Waals surface area contributed by atoms with Gasteiger partial charge in [-0.05, 0) is 77.0 Å². The molecule has 2 nitrogen and oxygen atoms in total. The molecule has 21 heavy (non-hydrogen) atoms. The van der Waals surface area contributed by atoms with Gasteiger partial charge < -0.3 is 5.32 Å². The van der Waals surface area contributed by atoms with Crippen LogP contribution in [-0.2, 0) is 12.0 Å². The van der Waals surface area contributed by atoms with E-state index in [1.807, 2.05) is 11.3 Å². The lowest BCUT2D eigenvalue weighted by molar-refractivity contribution is -0.00699. The lowest BCUT2D eigenvalue weighted by atomic mass is 9.49. The zero-order valence-corrected chi connectivity index (χ0v) is 14.4. The van der Waals surface area contributed by atoms with Crippen LogP contribution in [0.3, 0.4) is 0 Å². The van der Waals surface area contributed by atoms with Crippen LogP contribution in [-0.4, -0.2) is 10.5 Å². The second-order valence-corrected chi connectivity index (χ2v) is 9.87. The van der Waals surface area contributed by atoms with Crippen LogP contribution in [0, 0.1) is 17.8 Å². The van der Waals surface area contributed by atoms with Gasteiger partial charge in [0.1, 0.15) is 5.01 Å². The third-order valence-electron chi connectivity index (χ3n) is 5.90. The molecule has 1 aromatic rings. The van der Waals surface area contributed by atoms with Crippen LogP contribution in [0.15, 0.2) is 5.38 Å². The lowest BCUT2D eigenvalue weighted by Gasteiger charge is -2.56. The molecule has 1 aromatic heterocycles. The van der Waals surface area contributed by atoms with E-state index in [4.69, 9.17) is 4.98 Å². The molecule has 0 atom stereocenters. The van der Waals surface area contributed by atoms with E-state index in [1.54, 1.807) is 0 Å². The van der Waals surface area contributed by atoms with Crippen LogP contribution < -0.4 is 5.32 Å². The van der Waals surface area contributed by atoms with Crippen molar-refractivity contribution in [3.8, 4) is 0 Å². The quantitative estimate of drug-likeness (QED) is 0.889. The Morgan fingerprint density at radius 1 is 1.14 bits per heavy atom. The van der Waals surface area contributed by atoms with Crippen LogP contribution in [0.25, 0.3) is 0 Å². The summed E-state index contributed by atoms with van der Waals surface area (Å²) in [6.07, 6.45) is 8.82. The van der Waals surface area contributed by atoms with Crippen LogP contribution in [0.5, 0.6) is 0 Å². The van der Waals surface area contributed by atoms with Gasteiger partial charge >= 0.3 is 0 Å². The molecule has 0 radical (unpaired) electrons. The number of aromatic nitrogens is 1. The highest BCUT2D eigenvalue weighted by atomic mass is 32.1. The fourth-order valence-corrected chi connectivity index (χ4v) is 6.26. The zero-order chi connectivity index (χ0) is 14.7. The number of nitrogens with one attached hydrogen (secondary N) is 1. The Bertz CT molecular complexity index is 490. The van der Waals surface area contributed by atoms with Gasteiger partial charge in [-0.1, -0.05) is 0 Å². The van der Waals surface area contributed by atoms with Gasteiger partial charge in [-0.3, -0.25) is 0 Å². The largest absolute Gasteiger partial charge is 0.306 e. The van der Waals surface area contributed by atoms with E-state index in [1.165, 1.54) is 49.2 Å². The van der Waals surface area contributed by atoms with E-state index in [0.717, 1.165) is 24.3 Å². The predicted octanol–water partition coefficient (Wildman–Crippen LogP) is 4.50. The summed E-state index contributed by atoms with van der Waals surface area (Å²) in [5.41, 5.74) is 2.08. The Morgan fingerprint density at radius 3 is 2.24 bits per heavy atom. The average molecular weight is 305 g/mol. The summed E-state index contributed by atoms with van der Waals surface area (Å²) in [4.78, 5) is 5.06. The van der Waals surface area contributed by atoms with Gasteiger partial charge in [-0.2, -0.15) is 0 Å². The summed E-state index contributed by atoms with van der Waals surface area (Å²) in [6.45, 7) is 7.59. The molecule has 0 unspecified atom stereocenters. The number of rotatable bonds is 3. The predicted molar refractivity (Wildman–Crippen MR) is 88.6 cm³/mol.